The number of hydrogen-bond donors (Lipinski definition) is 1. The Balaban J connectivity index is 1.90. The van der Waals surface area contributed by atoms with Crippen molar-refractivity contribution in [1.82, 2.24) is 14.8 Å². The van der Waals surface area contributed by atoms with Crippen LogP contribution in [0.1, 0.15) is 41.3 Å². The zero-order valence-electron chi connectivity index (χ0n) is 25.4. The molecule has 5 heteroatoms. The van der Waals surface area contributed by atoms with Gasteiger partial charge in [-0.3, -0.25) is 9.69 Å². The van der Waals surface area contributed by atoms with E-state index < -0.39 is 38.5 Å². The number of rotatable bonds is 3. The molecule has 0 fully saturated rings. The van der Waals surface area contributed by atoms with Crippen LogP contribution < -0.4 is 0 Å². The first-order valence-corrected chi connectivity index (χ1v) is 8.58. The second-order valence-corrected chi connectivity index (χ2v) is 7.07. The molecule has 1 aromatic heterocycles. The lowest BCUT2D eigenvalue weighted by Gasteiger charge is -2.40. The molecular weight excluding hydrogens is 378 g/mol. The number of benzene rings is 1. The number of amides is 1. The van der Waals surface area contributed by atoms with E-state index >= 15 is 0 Å². The van der Waals surface area contributed by atoms with E-state index in [9.17, 15) is 4.79 Å². The van der Waals surface area contributed by atoms with E-state index in [4.69, 9.17) is 16.4 Å². The van der Waals surface area contributed by atoms with Crippen molar-refractivity contribution in [2.45, 2.75) is 26.2 Å². The topological polar surface area (TPSA) is 39.3 Å². The maximum atomic E-state index is 13.7. The summed E-state index contributed by atoms with van der Waals surface area (Å²) in [5, 5.41) is 0.685. The summed E-state index contributed by atoms with van der Waals surface area (Å²) in [5.74, 6) is -2.60. The van der Waals surface area contributed by atoms with Crippen molar-refractivity contribution in [3.8, 4) is 0 Å². The number of aromatic amines is 1. The van der Waals surface area contributed by atoms with Gasteiger partial charge in [0.25, 0.3) is 0 Å². The van der Waals surface area contributed by atoms with Crippen LogP contribution in [0, 0.1) is 5.92 Å². The molecule has 2 aliphatic rings. The van der Waals surface area contributed by atoms with Crippen LogP contribution in [-0.4, -0.2) is 53.3 Å². The van der Waals surface area contributed by atoms with Gasteiger partial charge in [0.2, 0.25) is 5.91 Å². The monoisotopic (exact) mass is 413 g/mol. The van der Waals surface area contributed by atoms with E-state index in [1.54, 1.807) is 11.9 Å². The number of H-pyrrole nitrogens is 1. The summed E-state index contributed by atoms with van der Waals surface area (Å²) in [5.41, 5.74) is 2.46. The van der Waals surface area contributed by atoms with Gasteiger partial charge in [-0.05, 0) is 65.8 Å². The van der Waals surface area contributed by atoms with Crippen LogP contribution in [0.2, 0.25) is 0 Å². The molecule has 4 rings (SSSR count). The van der Waals surface area contributed by atoms with E-state index in [1.165, 1.54) is 12.1 Å². The summed E-state index contributed by atoms with van der Waals surface area (Å²) in [6, 6.07) is 1.13. The summed E-state index contributed by atoms with van der Waals surface area (Å²) in [6.45, 7) is -14.4. The molecule has 2 heterocycles. The van der Waals surface area contributed by atoms with Gasteiger partial charge in [0.15, 0.2) is 0 Å². The normalized spacial score (nSPS) is 31.8. The molecule has 1 N–H and O–H groups in total. The SMILES string of the molecule is [2H]c1cc2c3c(c(Br)[nH]c3c1[2H])C[C@@H]1C2=C[C@@H](C(=O)N(C([2H])([2H])C([2H])([2H])[2H])C([2H])([2H])C([2H])([2H])[2H])CN1C. The van der Waals surface area contributed by atoms with Gasteiger partial charge in [0.05, 0.1) is 13.3 Å². The fourth-order valence-electron chi connectivity index (χ4n) is 3.81. The molecule has 25 heavy (non-hydrogen) atoms. The molecule has 0 radical (unpaired) electrons. The smallest absolute Gasteiger partial charge is 0.230 e. The Labute approximate surface area is 173 Å². The molecule has 1 amide bonds. The predicted molar refractivity (Wildman–Crippen MR) is 106 cm³/mol. The van der Waals surface area contributed by atoms with Crippen LogP contribution in [0.3, 0.4) is 0 Å². The van der Waals surface area contributed by atoms with Gasteiger partial charge in [-0.15, -0.1) is 0 Å². The highest BCUT2D eigenvalue weighted by Gasteiger charge is 2.37. The third-order valence-electron chi connectivity index (χ3n) is 4.96. The van der Waals surface area contributed by atoms with Crippen molar-refractivity contribution in [2.75, 3.05) is 26.6 Å². The fourth-order valence-corrected chi connectivity index (χ4v) is 4.37. The molecule has 132 valence electrons. The molecule has 1 aliphatic carbocycles. The largest absolute Gasteiger partial charge is 0.349 e. The Morgan fingerprint density at radius 1 is 1.56 bits per heavy atom. The molecule has 1 aliphatic heterocycles. The third kappa shape index (κ3) is 2.56. The van der Waals surface area contributed by atoms with Crippen LogP contribution in [-0.2, 0) is 11.2 Å². The van der Waals surface area contributed by atoms with Crippen molar-refractivity contribution < 1.29 is 21.2 Å². The molecular formula is C20H24BrN3O. The minimum absolute atomic E-state index is 0.00976. The van der Waals surface area contributed by atoms with E-state index in [-0.39, 0.29) is 29.6 Å². The summed E-state index contributed by atoms with van der Waals surface area (Å²) in [6.07, 6.45) is 1.95. The highest BCUT2D eigenvalue weighted by Crippen LogP contribution is 2.43. The lowest BCUT2D eigenvalue weighted by molar-refractivity contribution is -0.134. The highest BCUT2D eigenvalue weighted by molar-refractivity contribution is 9.10. The number of carbonyl (C=O) groups is 1. The zero-order valence-corrected chi connectivity index (χ0v) is 15.0. The van der Waals surface area contributed by atoms with Gasteiger partial charge in [-0.1, -0.05) is 18.2 Å². The number of halogens is 1. The first kappa shape index (κ1) is 7.97. The molecule has 2 atom stereocenters. The zero-order chi connectivity index (χ0) is 28.0. The minimum Gasteiger partial charge on any atom is -0.349 e. The van der Waals surface area contributed by atoms with Gasteiger partial charge in [0.1, 0.15) is 0 Å². The van der Waals surface area contributed by atoms with E-state index in [1.807, 2.05) is 0 Å². The molecule has 0 spiro atoms. The fraction of sp³-hybridized carbons (Fsp3) is 0.450. The molecule has 0 unspecified atom stereocenters. The Morgan fingerprint density at radius 2 is 2.36 bits per heavy atom. The van der Waals surface area contributed by atoms with Crippen LogP contribution in [0.15, 0.2) is 28.8 Å². The van der Waals surface area contributed by atoms with Crippen LogP contribution >= 0.6 is 15.9 Å². The summed E-state index contributed by atoms with van der Waals surface area (Å²) < 4.78 is 95.2. The third-order valence-corrected chi connectivity index (χ3v) is 5.64. The molecule has 0 saturated heterocycles. The highest BCUT2D eigenvalue weighted by atomic mass is 79.9. The maximum absolute atomic E-state index is 13.7. The Bertz CT molecular complexity index is 1290. The lowest BCUT2D eigenvalue weighted by Crippen LogP contribution is -2.47. The van der Waals surface area contributed by atoms with Gasteiger partial charge < -0.3 is 9.88 Å². The minimum atomic E-state index is -3.63. The van der Waals surface area contributed by atoms with Crippen LogP contribution in [0.25, 0.3) is 16.5 Å². The first-order valence-electron chi connectivity index (χ1n) is 13.8. The molecule has 2 aromatic rings. The Morgan fingerprint density at radius 3 is 3.12 bits per heavy atom. The van der Waals surface area contributed by atoms with Crippen LogP contribution in [0.5, 0.6) is 0 Å². The van der Waals surface area contributed by atoms with Crippen molar-refractivity contribution in [2.24, 2.45) is 5.92 Å². The number of nitrogens with zero attached hydrogens (tertiary/aromatic N) is 2. The number of fused-ring (bicyclic) bond motifs is 2. The molecule has 1 aromatic carbocycles. The van der Waals surface area contributed by atoms with Gasteiger partial charge in [-0.25, -0.2) is 0 Å². The maximum Gasteiger partial charge on any atom is 0.230 e. The molecule has 0 bridgehead atoms. The summed E-state index contributed by atoms with van der Waals surface area (Å²) in [7, 11) is 1.70. The van der Waals surface area contributed by atoms with Crippen molar-refractivity contribution in [3.05, 3.63) is 40.0 Å². The van der Waals surface area contributed by atoms with Crippen molar-refractivity contribution in [3.63, 3.8) is 0 Å². The van der Waals surface area contributed by atoms with Crippen molar-refractivity contribution in [1.29, 1.82) is 0 Å². The van der Waals surface area contributed by atoms with Crippen LogP contribution in [0.4, 0.5) is 0 Å². The average molecular weight is 414 g/mol. The number of likely N-dealkylation sites (N-methyl/N-ethyl adjacent to an activating group) is 1. The molecule has 0 saturated carbocycles. The number of carbonyl (C=O) groups excluding carboxylic acids is 1. The van der Waals surface area contributed by atoms with Gasteiger partial charge >= 0.3 is 0 Å². The number of hydrogen-bond acceptors (Lipinski definition) is 2. The number of aromatic nitrogens is 1. The summed E-state index contributed by atoms with van der Waals surface area (Å²) >= 11 is 3.48. The predicted octanol–water partition coefficient (Wildman–Crippen LogP) is 3.67. The van der Waals surface area contributed by atoms with Crippen molar-refractivity contribution >= 4 is 38.3 Å². The van der Waals surface area contributed by atoms with E-state index in [2.05, 4.69) is 20.9 Å². The Hall–Kier alpha value is -1.59. The standard InChI is InChI=1S/C20H24BrN3O/c1-4-24(5-2)20(25)12-9-14-13-7-6-8-16-18(13)15(19(21)22-16)10-17(14)23(3)11-12/h6-9,12,17,22H,4-5,10-11H2,1-3H3/t12-,17-/m1/s1/i1D3,2D3,4D2,5D2,6D,8D. The Kier molecular flexibility index (Phi) is 2.01. The van der Waals surface area contributed by atoms with Gasteiger partial charge in [-0.2, -0.15) is 0 Å². The van der Waals surface area contributed by atoms with Gasteiger partial charge in [0, 0.05) is 50.2 Å². The summed E-state index contributed by atoms with van der Waals surface area (Å²) in [4.78, 5) is 18.3. The average Bonchev–Trinajstić information content (AvgIpc) is 3.07. The van der Waals surface area contributed by atoms with E-state index in [0.717, 1.165) is 5.56 Å². The quantitative estimate of drug-likeness (QED) is 0.833. The lowest BCUT2D eigenvalue weighted by atomic mass is 9.79. The first-order chi connectivity index (χ1) is 16.7. The second-order valence-electron chi connectivity index (χ2n) is 6.28. The number of nitrogens with one attached hydrogen (secondary N) is 1. The second kappa shape index (κ2) is 6.29. The molecule has 4 nitrogen and oxygen atoms in total. The van der Waals surface area contributed by atoms with E-state index in [0.29, 0.717) is 33.1 Å².